The van der Waals surface area contributed by atoms with E-state index in [2.05, 4.69) is 23.3 Å². The molecule has 0 aromatic carbocycles. The largest absolute Gasteiger partial charge is 0.495 e. The monoisotopic (exact) mass is 250 g/mol. The maximum Gasteiger partial charge on any atom is 0.137 e. The molecule has 18 heavy (non-hydrogen) atoms. The van der Waals surface area contributed by atoms with E-state index < -0.39 is 0 Å². The van der Waals surface area contributed by atoms with E-state index in [9.17, 15) is 0 Å². The third-order valence-electron chi connectivity index (χ3n) is 2.66. The third-order valence-corrected chi connectivity index (χ3v) is 2.66. The van der Waals surface area contributed by atoms with E-state index in [0.29, 0.717) is 0 Å². The molecule has 0 atom stereocenters. The number of nitrogens with zero attached hydrogens (tertiary/aromatic N) is 1. The second-order valence-corrected chi connectivity index (χ2v) is 4.03. The minimum absolute atomic E-state index is 0.752. The summed E-state index contributed by atoms with van der Waals surface area (Å²) in [4.78, 5) is 4.15. The molecule has 4 nitrogen and oxygen atoms in total. The predicted molar refractivity (Wildman–Crippen MR) is 73.8 cm³/mol. The summed E-state index contributed by atoms with van der Waals surface area (Å²) in [7, 11) is 3.36. The van der Waals surface area contributed by atoms with Crippen LogP contribution >= 0.6 is 0 Å². The molecule has 0 spiro atoms. The van der Waals surface area contributed by atoms with Gasteiger partial charge in [0.05, 0.1) is 19.9 Å². The lowest BCUT2D eigenvalue weighted by atomic mass is 10.1. The van der Waals surface area contributed by atoms with Gasteiger partial charge in [-0.25, -0.2) is 0 Å². The number of hydrogen-bond acceptors (Lipinski definition) is 4. The van der Waals surface area contributed by atoms with Crippen molar-refractivity contribution in [2.24, 2.45) is 0 Å². The molecule has 0 unspecified atom stereocenters. The Bertz CT molecular complexity index is 378. The van der Waals surface area contributed by atoms with Gasteiger partial charge in [0.2, 0.25) is 0 Å². The van der Waals surface area contributed by atoms with E-state index in [-0.39, 0.29) is 0 Å². The molecule has 1 aromatic heterocycles. The summed E-state index contributed by atoms with van der Waals surface area (Å²) in [6.07, 6.45) is 6.76. The highest BCUT2D eigenvalue weighted by atomic mass is 16.5. The number of ether oxygens (including phenoxy) is 2. The summed E-state index contributed by atoms with van der Waals surface area (Å²) in [5, 5.41) is 3.31. The summed E-state index contributed by atoms with van der Waals surface area (Å²) in [6.45, 7) is 4.69. The molecule has 1 rings (SSSR count). The lowest BCUT2D eigenvalue weighted by Gasteiger charge is -2.05. The second kappa shape index (κ2) is 8.66. The van der Waals surface area contributed by atoms with Gasteiger partial charge in [-0.15, -0.1) is 0 Å². The van der Waals surface area contributed by atoms with E-state index in [4.69, 9.17) is 9.47 Å². The fraction of sp³-hybridized carbons (Fsp3) is 0.500. The zero-order valence-electron chi connectivity index (χ0n) is 11.4. The van der Waals surface area contributed by atoms with E-state index in [0.717, 1.165) is 37.4 Å². The van der Waals surface area contributed by atoms with Crippen LogP contribution in [0.25, 0.3) is 5.57 Å². The van der Waals surface area contributed by atoms with Crippen LogP contribution in [0.15, 0.2) is 24.5 Å². The van der Waals surface area contributed by atoms with Gasteiger partial charge in [0.1, 0.15) is 5.75 Å². The number of aromatic nitrogens is 1. The number of allylic oxidation sites excluding steroid dienone is 1. The SMILES string of the molecule is COCCNCC/C=C(/C)c1cncc(OC)c1. The molecule has 1 N–H and O–H groups in total. The topological polar surface area (TPSA) is 43.4 Å². The molecule has 100 valence electrons. The van der Waals surface area contributed by atoms with Gasteiger partial charge in [0.15, 0.2) is 0 Å². The Hall–Kier alpha value is -1.39. The standard InChI is InChI=1S/C14H22N2O2/c1-12(5-4-6-15-7-8-17-2)13-9-14(18-3)11-16-10-13/h5,9-11,15H,4,6-8H2,1-3H3/b12-5-. The average molecular weight is 250 g/mol. The molecule has 0 aliphatic rings. The highest BCUT2D eigenvalue weighted by Gasteiger charge is 1.98. The van der Waals surface area contributed by atoms with E-state index in [1.165, 1.54) is 5.57 Å². The molecule has 0 aliphatic carbocycles. The lowest BCUT2D eigenvalue weighted by molar-refractivity contribution is 0.199. The quantitative estimate of drug-likeness (QED) is 0.718. The van der Waals surface area contributed by atoms with Crippen molar-refractivity contribution < 1.29 is 9.47 Å². The zero-order valence-corrected chi connectivity index (χ0v) is 11.4. The molecule has 1 aromatic rings. The van der Waals surface area contributed by atoms with Gasteiger partial charge in [-0.1, -0.05) is 6.08 Å². The van der Waals surface area contributed by atoms with Crippen LogP contribution in [-0.4, -0.2) is 38.9 Å². The van der Waals surface area contributed by atoms with Crippen LogP contribution in [0.1, 0.15) is 18.9 Å². The zero-order chi connectivity index (χ0) is 13.2. The van der Waals surface area contributed by atoms with Crippen molar-refractivity contribution in [3.05, 3.63) is 30.1 Å². The van der Waals surface area contributed by atoms with E-state index >= 15 is 0 Å². The van der Waals surface area contributed by atoms with Gasteiger partial charge in [-0.05, 0) is 37.1 Å². The number of hydrogen-bond donors (Lipinski definition) is 1. The summed E-state index contributed by atoms with van der Waals surface area (Å²) in [6, 6.07) is 2.00. The minimum atomic E-state index is 0.752. The smallest absolute Gasteiger partial charge is 0.137 e. The Morgan fingerprint density at radius 3 is 2.89 bits per heavy atom. The molecule has 1 heterocycles. The maximum absolute atomic E-state index is 5.16. The van der Waals surface area contributed by atoms with Crippen molar-refractivity contribution in [2.75, 3.05) is 33.9 Å². The molecular formula is C14H22N2O2. The first-order valence-corrected chi connectivity index (χ1v) is 6.13. The van der Waals surface area contributed by atoms with Gasteiger partial charge >= 0.3 is 0 Å². The van der Waals surface area contributed by atoms with Crippen LogP contribution in [0, 0.1) is 0 Å². The van der Waals surface area contributed by atoms with Crippen molar-refractivity contribution in [3.8, 4) is 5.75 Å². The Morgan fingerprint density at radius 1 is 1.33 bits per heavy atom. The molecular weight excluding hydrogens is 228 g/mol. The lowest BCUT2D eigenvalue weighted by Crippen LogP contribution is -2.19. The van der Waals surface area contributed by atoms with E-state index in [1.807, 2.05) is 12.3 Å². The number of nitrogens with one attached hydrogen (secondary N) is 1. The molecule has 0 bridgehead atoms. The third kappa shape index (κ3) is 5.29. The number of methoxy groups -OCH3 is 2. The van der Waals surface area contributed by atoms with Crippen LogP contribution in [0.5, 0.6) is 5.75 Å². The van der Waals surface area contributed by atoms with Crippen molar-refractivity contribution in [2.45, 2.75) is 13.3 Å². The van der Waals surface area contributed by atoms with Gasteiger partial charge in [-0.2, -0.15) is 0 Å². The predicted octanol–water partition coefficient (Wildman–Crippen LogP) is 2.12. The van der Waals surface area contributed by atoms with Crippen molar-refractivity contribution in [1.29, 1.82) is 0 Å². The fourth-order valence-electron chi connectivity index (χ4n) is 1.55. The number of pyridine rings is 1. The minimum Gasteiger partial charge on any atom is -0.495 e. The average Bonchev–Trinajstić information content (AvgIpc) is 2.42. The fourth-order valence-corrected chi connectivity index (χ4v) is 1.55. The van der Waals surface area contributed by atoms with E-state index in [1.54, 1.807) is 20.4 Å². The Morgan fingerprint density at radius 2 is 2.17 bits per heavy atom. The van der Waals surface area contributed by atoms with Crippen LogP contribution in [0.3, 0.4) is 0 Å². The first-order valence-electron chi connectivity index (χ1n) is 6.13. The molecule has 0 fully saturated rings. The number of rotatable bonds is 8. The van der Waals surface area contributed by atoms with Gasteiger partial charge in [0, 0.05) is 19.9 Å². The second-order valence-electron chi connectivity index (χ2n) is 4.03. The molecule has 0 aliphatic heterocycles. The molecule has 4 heteroatoms. The van der Waals surface area contributed by atoms with Gasteiger partial charge < -0.3 is 14.8 Å². The summed E-state index contributed by atoms with van der Waals surface area (Å²) in [5.74, 6) is 0.790. The van der Waals surface area contributed by atoms with Crippen molar-refractivity contribution in [1.82, 2.24) is 10.3 Å². The van der Waals surface area contributed by atoms with Gasteiger partial charge in [0.25, 0.3) is 0 Å². The van der Waals surface area contributed by atoms with Gasteiger partial charge in [-0.3, -0.25) is 4.98 Å². The molecule has 0 saturated carbocycles. The summed E-state index contributed by atoms with van der Waals surface area (Å²) in [5.41, 5.74) is 2.32. The highest BCUT2D eigenvalue weighted by molar-refractivity contribution is 5.63. The first-order chi connectivity index (χ1) is 8.77. The molecule has 0 amide bonds. The maximum atomic E-state index is 5.16. The summed E-state index contributed by atoms with van der Waals surface area (Å²) >= 11 is 0. The molecule has 0 radical (unpaired) electrons. The highest BCUT2D eigenvalue weighted by Crippen LogP contribution is 2.18. The van der Waals surface area contributed by atoms with Crippen LogP contribution in [0.2, 0.25) is 0 Å². The first kappa shape index (κ1) is 14.7. The van der Waals surface area contributed by atoms with Crippen molar-refractivity contribution in [3.63, 3.8) is 0 Å². The normalized spacial score (nSPS) is 11.6. The summed E-state index contributed by atoms with van der Waals surface area (Å²) < 4.78 is 10.1. The Kier molecular flexibility index (Phi) is 7.06. The Labute approximate surface area is 109 Å². The van der Waals surface area contributed by atoms with Crippen LogP contribution in [-0.2, 0) is 4.74 Å². The van der Waals surface area contributed by atoms with Crippen LogP contribution in [0.4, 0.5) is 0 Å². The molecule has 0 saturated heterocycles. The van der Waals surface area contributed by atoms with Crippen molar-refractivity contribution >= 4 is 5.57 Å². The van der Waals surface area contributed by atoms with Crippen LogP contribution < -0.4 is 10.1 Å². The Balaban J connectivity index is 2.40.